The summed E-state index contributed by atoms with van der Waals surface area (Å²) in [7, 11) is 0. The van der Waals surface area contributed by atoms with E-state index in [-0.39, 0.29) is 37.5 Å². The zero-order valence-electron chi connectivity index (χ0n) is 21.6. The summed E-state index contributed by atoms with van der Waals surface area (Å²) >= 11 is 0. The Balaban J connectivity index is 1.74. The van der Waals surface area contributed by atoms with Gasteiger partial charge < -0.3 is 36.0 Å². The number of carboxylic acid groups (broad SMARTS) is 1. The van der Waals surface area contributed by atoms with Crippen molar-refractivity contribution in [3.8, 4) is 0 Å². The van der Waals surface area contributed by atoms with Gasteiger partial charge in [0, 0.05) is 39.1 Å². The normalized spacial score (nSPS) is 19.8. The molecule has 2 heterocycles. The monoisotopic (exact) mass is 511 g/mol. The van der Waals surface area contributed by atoms with E-state index in [0.717, 1.165) is 19.3 Å². The Morgan fingerprint density at radius 1 is 1.06 bits per heavy atom. The number of nitrogens with two attached hydrogens (primary N) is 1. The molecule has 2 aliphatic rings. The lowest BCUT2D eigenvalue weighted by Crippen LogP contribution is -2.52. The maximum Gasteiger partial charge on any atom is 0.410 e. The van der Waals surface area contributed by atoms with Gasteiger partial charge in [0.2, 0.25) is 17.7 Å². The Morgan fingerprint density at radius 2 is 1.72 bits per heavy atom. The second-order valence-corrected chi connectivity index (χ2v) is 10.5. The van der Waals surface area contributed by atoms with E-state index in [2.05, 4.69) is 10.6 Å². The molecule has 0 bridgehead atoms. The van der Waals surface area contributed by atoms with E-state index < -0.39 is 29.4 Å². The lowest BCUT2D eigenvalue weighted by Gasteiger charge is -2.34. The van der Waals surface area contributed by atoms with Gasteiger partial charge in [-0.25, -0.2) is 9.59 Å². The molecule has 0 aromatic heterocycles. The minimum atomic E-state index is -1.27. The van der Waals surface area contributed by atoms with Crippen LogP contribution in [0.5, 0.6) is 0 Å². The summed E-state index contributed by atoms with van der Waals surface area (Å²) in [6, 6.07) is -1.27. The third-order valence-corrected chi connectivity index (χ3v) is 6.48. The summed E-state index contributed by atoms with van der Waals surface area (Å²) in [5.41, 5.74) is 4.67. The molecule has 2 aliphatic heterocycles. The number of aliphatic carboxylic acids is 1. The molecular formula is C24H41N5O7. The number of rotatable bonds is 9. The molecule has 12 heteroatoms. The molecule has 0 spiro atoms. The van der Waals surface area contributed by atoms with Gasteiger partial charge in [0.1, 0.15) is 11.6 Å². The minimum Gasteiger partial charge on any atom is -0.480 e. The number of carbonyl (C=O) groups is 5. The fourth-order valence-electron chi connectivity index (χ4n) is 4.43. The number of amides is 4. The summed E-state index contributed by atoms with van der Waals surface area (Å²) in [6.45, 7) is 7.02. The minimum absolute atomic E-state index is 0.000642. The molecule has 12 nitrogen and oxygen atoms in total. The molecule has 4 amide bonds. The Bertz CT molecular complexity index is 805. The first kappa shape index (κ1) is 29.3. The summed E-state index contributed by atoms with van der Waals surface area (Å²) in [6.07, 6.45) is 3.75. The van der Waals surface area contributed by atoms with E-state index >= 15 is 0 Å². The van der Waals surface area contributed by atoms with Crippen LogP contribution < -0.4 is 16.4 Å². The summed E-state index contributed by atoms with van der Waals surface area (Å²) < 4.78 is 5.42. The van der Waals surface area contributed by atoms with Gasteiger partial charge in [-0.2, -0.15) is 0 Å². The second kappa shape index (κ2) is 13.4. The summed E-state index contributed by atoms with van der Waals surface area (Å²) in [5, 5.41) is 14.0. The van der Waals surface area contributed by atoms with Crippen molar-refractivity contribution < 1.29 is 33.8 Å². The van der Waals surface area contributed by atoms with Crippen LogP contribution in [0.25, 0.3) is 0 Å². The predicted octanol–water partition coefficient (Wildman–Crippen LogP) is 0.297. The van der Waals surface area contributed by atoms with E-state index in [9.17, 15) is 29.1 Å². The molecule has 36 heavy (non-hydrogen) atoms. The average molecular weight is 512 g/mol. The van der Waals surface area contributed by atoms with Crippen LogP contribution in [0.3, 0.4) is 0 Å². The van der Waals surface area contributed by atoms with Crippen LogP contribution in [0, 0.1) is 11.8 Å². The zero-order chi connectivity index (χ0) is 26.9. The van der Waals surface area contributed by atoms with Crippen molar-refractivity contribution in [2.75, 3.05) is 39.3 Å². The SMILES string of the molecule is CC(C)(C)OC(=O)N1CCC(CCC(=O)N2CCC[C@@H](C(=O)NCC(NC(=O)CN)C(=O)O)C2)CC1. The number of piperidine rings is 2. The lowest BCUT2D eigenvalue weighted by molar-refractivity contribution is -0.141. The Kier molecular flexibility index (Phi) is 10.9. The molecule has 2 saturated heterocycles. The molecule has 5 N–H and O–H groups in total. The van der Waals surface area contributed by atoms with Gasteiger partial charge in [-0.15, -0.1) is 0 Å². The Morgan fingerprint density at radius 3 is 2.31 bits per heavy atom. The van der Waals surface area contributed by atoms with Crippen molar-refractivity contribution in [3.05, 3.63) is 0 Å². The molecule has 2 fully saturated rings. The van der Waals surface area contributed by atoms with Crippen LogP contribution in [0.2, 0.25) is 0 Å². The van der Waals surface area contributed by atoms with Crippen molar-refractivity contribution in [1.82, 2.24) is 20.4 Å². The number of hydrogen-bond acceptors (Lipinski definition) is 7. The standard InChI is InChI=1S/C24H41N5O7/c1-24(2,3)36-23(35)28-11-8-16(9-12-28)6-7-20(31)29-10-4-5-17(15-29)21(32)26-14-18(22(33)34)27-19(30)13-25/h16-18H,4-15,25H2,1-3H3,(H,26,32)(H,27,30)(H,33,34)/t17-,18?/m1/s1. The van der Waals surface area contributed by atoms with Crippen LogP contribution in [-0.4, -0.2) is 95.6 Å². The van der Waals surface area contributed by atoms with Gasteiger partial charge in [-0.1, -0.05) is 0 Å². The smallest absolute Gasteiger partial charge is 0.410 e. The fourth-order valence-corrected chi connectivity index (χ4v) is 4.43. The average Bonchev–Trinajstić information content (AvgIpc) is 2.83. The molecule has 0 radical (unpaired) electrons. The highest BCUT2D eigenvalue weighted by Gasteiger charge is 2.31. The second-order valence-electron chi connectivity index (χ2n) is 10.5. The molecule has 0 aromatic rings. The van der Waals surface area contributed by atoms with E-state index in [1.807, 2.05) is 20.8 Å². The highest BCUT2D eigenvalue weighted by Crippen LogP contribution is 2.25. The molecule has 0 aromatic carbocycles. The highest BCUT2D eigenvalue weighted by atomic mass is 16.6. The number of carbonyl (C=O) groups excluding carboxylic acids is 4. The number of carboxylic acids is 1. The quantitative estimate of drug-likeness (QED) is 0.342. The van der Waals surface area contributed by atoms with Crippen molar-refractivity contribution >= 4 is 29.8 Å². The van der Waals surface area contributed by atoms with Gasteiger partial charge in [0.25, 0.3) is 0 Å². The summed E-state index contributed by atoms with van der Waals surface area (Å²) in [4.78, 5) is 63.7. The van der Waals surface area contributed by atoms with Crippen molar-refractivity contribution in [3.63, 3.8) is 0 Å². The first-order chi connectivity index (χ1) is 16.9. The number of ether oxygens (including phenoxy) is 1. The first-order valence-corrected chi connectivity index (χ1v) is 12.6. The number of nitrogens with zero attached hydrogens (tertiary/aromatic N) is 2. The fraction of sp³-hybridized carbons (Fsp3) is 0.792. The Hall–Kier alpha value is -2.89. The maximum atomic E-state index is 12.8. The first-order valence-electron chi connectivity index (χ1n) is 12.6. The molecule has 1 unspecified atom stereocenters. The van der Waals surface area contributed by atoms with Crippen LogP contribution in [0.15, 0.2) is 0 Å². The number of likely N-dealkylation sites (tertiary alicyclic amines) is 2. The van der Waals surface area contributed by atoms with Crippen LogP contribution in [0.1, 0.15) is 59.3 Å². The van der Waals surface area contributed by atoms with E-state index in [1.165, 1.54) is 0 Å². The van der Waals surface area contributed by atoms with Crippen molar-refractivity contribution in [2.45, 2.75) is 70.9 Å². The molecule has 2 atom stereocenters. The van der Waals surface area contributed by atoms with Gasteiger partial charge in [-0.3, -0.25) is 14.4 Å². The predicted molar refractivity (Wildman–Crippen MR) is 131 cm³/mol. The lowest BCUT2D eigenvalue weighted by atomic mass is 9.91. The highest BCUT2D eigenvalue weighted by molar-refractivity contribution is 5.86. The van der Waals surface area contributed by atoms with Gasteiger partial charge >= 0.3 is 12.1 Å². The summed E-state index contributed by atoms with van der Waals surface area (Å²) in [5.74, 6) is -2.31. The van der Waals surface area contributed by atoms with E-state index in [1.54, 1.807) is 9.80 Å². The number of nitrogens with one attached hydrogen (secondary N) is 2. The maximum absolute atomic E-state index is 12.8. The van der Waals surface area contributed by atoms with Crippen LogP contribution in [-0.2, 0) is 23.9 Å². The number of hydrogen-bond donors (Lipinski definition) is 4. The van der Waals surface area contributed by atoms with Crippen molar-refractivity contribution in [1.29, 1.82) is 0 Å². The van der Waals surface area contributed by atoms with Gasteiger partial charge in [-0.05, 0) is 58.8 Å². The van der Waals surface area contributed by atoms with Gasteiger partial charge in [0.15, 0.2) is 0 Å². The van der Waals surface area contributed by atoms with Crippen LogP contribution in [0.4, 0.5) is 4.79 Å². The molecule has 2 rings (SSSR count). The Labute approximate surface area is 212 Å². The largest absolute Gasteiger partial charge is 0.480 e. The molecule has 204 valence electrons. The molecular weight excluding hydrogens is 470 g/mol. The van der Waals surface area contributed by atoms with Gasteiger partial charge in [0.05, 0.1) is 12.5 Å². The zero-order valence-corrected chi connectivity index (χ0v) is 21.6. The third kappa shape index (κ3) is 9.63. The third-order valence-electron chi connectivity index (χ3n) is 6.48. The topological polar surface area (TPSA) is 171 Å². The van der Waals surface area contributed by atoms with Crippen molar-refractivity contribution in [2.24, 2.45) is 17.6 Å². The van der Waals surface area contributed by atoms with Crippen LogP contribution >= 0.6 is 0 Å². The van der Waals surface area contributed by atoms with E-state index in [4.69, 9.17) is 10.5 Å². The van der Waals surface area contributed by atoms with E-state index in [0.29, 0.717) is 44.8 Å². The molecule has 0 saturated carbocycles. The molecule has 0 aliphatic carbocycles.